The molecule has 6 nitrogen and oxygen atoms in total. The Morgan fingerprint density at radius 2 is 2.25 bits per heavy atom. The number of hydrogen-bond donors (Lipinski definition) is 1. The summed E-state index contributed by atoms with van der Waals surface area (Å²) in [7, 11) is 0. The van der Waals surface area contributed by atoms with Gasteiger partial charge in [0.25, 0.3) is 11.6 Å². The van der Waals surface area contributed by atoms with Gasteiger partial charge in [-0.25, -0.2) is 0 Å². The molecule has 0 unspecified atom stereocenters. The second-order valence-corrected chi connectivity index (χ2v) is 5.30. The monoisotopic (exact) mass is 354 g/mol. The van der Waals surface area contributed by atoms with Gasteiger partial charge >= 0.3 is 6.18 Å². The van der Waals surface area contributed by atoms with Crippen molar-refractivity contribution in [3.05, 3.63) is 16.9 Å². The highest BCUT2D eigenvalue weighted by Crippen LogP contribution is 2.40. The predicted molar refractivity (Wildman–Crippen MR) is 65.5 cm³/mol. The topological polar surface area (TPSA) is 70.7 Å². The maximum Gasteiger partial charge on any atom is 0.438 e. The zero-order valence-electron chi connectivity index (χ0n) is 10.2. The number of hydrogen-bond acceptors (Lipinski definition) is 4. The summed E-state index contributed by atoms with van der Waals surface area (Å²) in [5.41, 5.74) is -3.27. The average molecular weight is 355 g/mol. The quantitative estimate of drug-likeness (QED) is 0.874. The SMILES string of the molecule is CC1=NN(C(=O)Cn2cc(Br)cn2)[C@](O)(C(F)(F)F)C1. The minimum Gasteiger partial charge on any atom is -0.362 e. The number of carbonyl (C=O) groups excluding carboxylic acids is 1. The van der Waals surface area contributed by atoms with E-state index in [9.17, 15) is 23.1 Å². The molecule has 0 saturated heterocycles. The largest absolute Gasteiger partial charge is 0.438 e. The van der Waals surface area contributed by atoms with Crippen LogP contribution in [0.5, 0.6) is 0 Å². The standard InChI is InChI=1S/C10H10BrF3N4O2/c1-6-2-9(20,10(12,13)14)18(16-6)8(19)5-17-4-7(11)3-15-17/h3-4,20H,2,5H2,1H3/t9-/m1/s1. The lowest BCUT2D eigenvalue weighted by molar-refractivity contribution is -0.302. The van der Waals surface area contributed by atoms with E-state index in [0.717, 1.165) is 4.68 Å². The number of carbonyl (C=O) groups is 1. The van der Waals surface area contributed by atoms with Gasteiger partial charge in [-0.2, -0.15) is 28.4 Å². The summed E-state index contributed by atoms with van der Waals surface area (Å²) in [6.07, 6.45) is -2.93. The van der Waals surface area contributed by atoms with E-state index in [-0.39, 0.29) is 10.7 Å². The number of nitrogens with zero attached hydrogens (tertiary/aromatic N) is 4. The Hall–Kier alpha value is -1.42. The number of hydrazone groups is 1. The van der Waals surface area contributed by atoms with Crippen LogP contribution in [0.1, 0.15) is 13.3 Å². The molecule has 0 aromatic carbocycles. The van der Waals surface area contributed by atoms with Crippen molar-refractivity contribution in [1.29, 1.82) is 0 Å². The van der Waals surface area contributed by atoms with E-state index in [1.165, 1.54) is 19.3 Å². The summed E-state index contributed by atoms with van der Waals surface area (Å²) < 4.78 is 40.5. The molecule has 1 aliphatic rings. The Kier molecular flexibility index (Phi) is 3.63. The van der Waals surface area contributed by atoms with Crippen molar-refractivity contribution in [2.75, 3.05) is 0 Å². The molecule has 2 rings (SSSR count). The first-order chi connectivity index (χ1) is 9.13. The van der Waals surface area contributed by atoms with Crippen molar-refractivity contribution in [2.45, 2.75) is 31.8 Å². The second kappa shape index (κ2) is 4.85. The van der Waals surface area contributed by atoms with E-state index in [1.807, 2.05) is 0 Å². The molecule has 110 valence electrons. The van der Waals surface area contributed by atoms with Crippen LogP contribution in [0.25, 0.3) is 0 Å². The third kappa shape index (κ3) is 2.57. The van der Waals surface area contributed by atoms with Crippen molar-refractivity contribution in [1.82, 2.24) is 14.8 Å². The first-order valence-electron chi connectivity index (χ1n) is 5.48. The highest BCUT2D eigenvalue weighted by atomic mass is 79.9. The van der Waals surface area contributed by atoms with Gasteiger partial charge in [0.2, 0.25) is 0 Å². The van der Waals surface area contributed by atoms with Crippen LogP contribution in [0.3, 0.4) is 0 Å². The fourth-order valence-electron chi connectivity index (χ4n) is 1.83. The fourth-order valence-corrected chi connectivity index (χ4v) is 2.16. The summed E-state index contributed by atoms with van der Waals surface area (Å²) >= 11 is 3.10. The van der Waals surface area contributed by atoms with Gasteiger partial charge in [0.05, 0.1) is 10.7 Å². The van der Waals surface area contributed by atoms with Crippen LogP contribution in [-0.4, -0.2) is 43.4 Å². The molecule has 1 N–H and O–H groups in total. The number of aromatic nitrogens is 2. The van der Waals surface area contributed by atoms with Gasteiger partial charge in [-0.05, 0) is 22.9 Å². The van der Waals surface area contributed by atoms with Crippen molar-refractivity contribution in [2.24, 2.45) is 5.10 Å². The van der Waals surface area contributed by atoms with Crippen molar-refractivity contribution >= 4 is 27.5 Å². The fraction of sp³-hybridized carbons (Fsp3) is 0.500. The smallest absolute Gasteiger partial charge is 0.362 e. The van der Waals surface area contributed by atoms with E-state index >= 15 is 0 Å². The molecule has 0 bridgehead atoms. The minimum absolute atomic E-state index is 0.0276. The van der Waals surface area contributed by atoms with Gasteiger partial charge in [0, 0.05) is 18.3 Å². The molecule has 1 amide bonds. The maximum atomic E-state index is 12.9. The number of rotatable bonds is 2. The van der Waals surface area contributed by atoms with Crippen LogP contribution < -0.4 is 0 Å². The van der Waals surface area contributed by atoms with E-state index < -0.39 is 30.8 Å². The molecule has 2 heterocycles. The van der Waals surface area contributed by atoms with Crippen LogP contribution in [-0.2, 0) is 11.3 Å². The van der Waals surface area contributed by atoms with Gasteiger partial charge in [0.1, 0.15) is 6.54 Å². The van der Waals surface area contributed by atoms with Crippen LogP contribution >= 0.6 is 15.9 Å². The second-order valence-electron chi connectivity index (χ2n) is 4.39. The molecule has 1 aromatic heterocycles. The number of amides is 1. The zero-order chi connectivity index (χ0) is 15.1. The molecule has 0 fully saturated rings. The van der Waals surface area contributed by atoms with Crippen molar-refractivity contribution < 1.29 is 23.1 Å². The Morgan fingerprint density at radius 3 is 2.75 bits per heavy atom. The predicted octanol–water partition coefficient (Wildman–Crippen LogP) is 1.50. The molecule has 1 atom stereocenters. The number of halogens is 4. The van der Waals surface area contributed by atoms with E-state index in [2.05, 4.69) is 26.1 Å². The lowest BCUT2D eigenvalue weighted by atomic mass is 10.1. The van der Waals surface area contributed by atoms with Gasteiger partial charge in [-0.3, -0.25) is 9.48 Å². The minimum atomic E-state index is -4.99. The Bertz CT molecular complexity index is 571. The van der Waals surface area contributed by atoms with E-state index in [0.29, 0.717) is 4.47 Å². The van der Waals surface area contributed by atoms with Gasteiger partial charge in [-0.1, -0.05) is 0 Å². The van der Waals surface area contributed by atoms with Crippen molar-refractivity contribution in [3.63, 3.8) is 0 Å². The van der Waals surface area contributed by atoms with Crippen LogP contribution in [0.15, 0.2) is 22.0 Å². The average Bonchev–Trinajstić information content (AvgIpc) is 2.82. The van der Waals surface area contributed by atoms with Gasteiger partial charge in [0.15, 0.2) is 0 Å². The lowest BCUT2D eigenvalue weighted by Crippen LogP contribution is -2.57. The third-order valence-corrected chi connectivity index (χ3v) is 3.12. The molecule has 0 radical (unpaired) electrons. The lowest BCUT2D eigenvalue weighted by Gasteiger charge is -2.32. The Balaban J connectivity index is 2.23. The third-order valence-electron chi connectivity index (χ3n) is 2.71. The molecule has 1 aromatic rings. The summed E-state index contributed by atoms with van der Waals surface area (Å²) in [5.74, 6) is -1.00. The zero-order valence-corrected chi connectivity index (χ0v) is 11.8. The van der Waals surface area contributed by atoms with Crippen LogP contribution in [0.2, 0.25) is 0 Å². The first-order valence-corrected chi connectivity index (χ1v) is 6.27. The number of alkyl halides is 3. The van der Waals surface area contributed by atoms with E-state index in [4.69, 9.17) is 0 Å². The molecule has 0 saturated carbocycles. The first kappa shape index (κ1) is 15.0. The number of aliphatic hydroxyl groups is 1. The van der Waals surface area contributed by atoms with Gasteiger partial charge < -0.3 is 5.11 Å². The summed E-state index contributed by atoms with van der Waals surface area (Å²) in [4.78, 5) is 11.9. The molecule has 0 spiro atoms. The highest BCUT2D eigenvalue weighted by molar-refractivity contribution is 9.10. The molecular weight excluding hydrogens is 345 g/mol. The molecule has 10 heteroatoms. The Morgan fingerprint density at radius 1 is 1.60 bits per heavy atom. The Labute approximate surface area is 120 Å². The normalized spacial score (nSPS) is 23.1. The molecule has 20 heavy (non-hydrogen) atoms. The van der Waals surface area contributed by atoms with Crippen molar-refractivity contribution in [3.8, 4) is 0 Å². The van der Waals surface area contributed by atoms with Crippen LogP contribution in [0, 0.1) is 0 Å². The molecule has 0 aliphatic carbocycles. The summed E-state index contributed by atoms with van der Waals surface area (Å²) in [6.45, 7) is 0.856. The summed E-state index contributed by atoms with van der Waals surface area (Å²) in [6, 6.07) is 0. The van der Waals surface area contributed by atoms with Gasteiger partial charge in [-0.15, -0.1) is 0 Å². The molecular formula is C10H10BrF3N4O2. The van der Waals surface area contributed by atoms with E-state index in [1.54, 1.807) is 0 Å². The maximum absolute atomic E-state index is 12.9. The summed E-state index contributed by atoms with van der Waals surface area (Å²) in [5, 5.41) is 17.1. The van der Waals surface area contributed by atoms with Crippen LogP contribution in [0.4, 0.5) is 13.2 Å². The molecule has 1 aliphatic heterocycles. The highest BCUT2D eigenvalue weighted by Gasteiger charge is 2.62.